The number of carbonyl (C=O) groups is 2. The van der Waals surface area contributed by atoms with Crippen molar-refractivity contribution in [3.8, 4) is 0 Å². The van der Waals surface area contributed by atoms with Crippen molar-refractivity contribution in [2.24, 2.45) is 0 Å². The minimum Gasteiger partial charge on any atom is -0.377 e. The van der Waals surface area contributed by atoms with E-state index in [9.17, 15) is 9.59 Å². The van der Waals surface area contributed by atoms with Gasteiger partial charge in [-0.1, -0.05) is 16.8 Å². The second-order valence-electron chi connectivity index (χ2n) is 5.89. The van der Waals surface area contributed by atoms with Crippen molar-refractivity contribution in [1.29, 1.82) is 0 Å². The van der Waals surface area contributed by atoms with Crippen molar-refractivity contribution in [1.82, 2.24) is 15.5 Å². The number of hydrogen-bond acceptors (Lipinski definition) is 6. The van der Waals surface area contributed by atoms with Gasteiger partial charge in [-0.15, -0.1) is 0 Å². The quantitative estimate of drug-likeness (QED) is 0.791. The summed E-state index contributed by atoms with van der Waals surface area (Å²) < 4.78 is 9.98. The number of ether oxygens (including phenoxy) is 1. The van der Waals surface area contributed by atoms with Crippen molar-refractivity contribution in [2.45, 2.75) is 25.9 Å². The summed E-state index contributed by atoms with van der Waals surface area (Å²) in [5.41, 5.74) is 1.05. The summed E-state index contributed by atoms with van der Waals surface area (Å²) in [6.45, 7) is 1.25. The number of amides is 2. The number of anilines is 1. The summed E-state index contributed by atoms with van der Waals surface area (Å²) in [6, 6.07) is 4.94. The lowest BCUT2D eigenvalue weighted by Crippen LogP contribution is -2.27. The number of nitrogens with zero attached hydrogens (tertiary/aromatic N) is 3. The van der Waals surface area contributed by atoms with E-state index < -0.39 is 0 Å². The summed E-state index contributed by atoms with van der Waals surface area (Å²) in [7, 11) is 1.55. The topological polar surface area (TPSA) is 97.6 Å². The molecule has 1 aliphatic heterocycles. The molecular weight excluding hydrogens is 360 g/mol. The van der Waals surface area contributed by atoms with Crippen LogP contribution in [0.25, 0.3) is 0 Å². The molecule has 26 heavy (non-hydrogen) atoms. The summed E-state index contributed by atoms with van der Waals surface area (Å²) in [5, 5.41) is 6.95. The third-order valence-electron chi connectivity index (χ3n) is 3.94. The number of halogens is 1. The van der Waals surface area contributed by atoms with Gasteiger partial charge >= 0.3 is 0 Å². The number of benzene rings is 1. The zero-order valence-corrected chi connectivity index (χ0v) is 15.1. The first-order chi connectivity index (χ1) is 12.6. The van der Waals surface area contributed by atoms with Crippen LogP contribution < -0.4 is 10.2 Å². The van der Waals surface area contributed by atoms with Crippen LogP contribution in [0.15, 0.2) is 22.7 Å². The second kappa shape index (κ2) is 8.29. The highest BCUT2D eigenvalue weighted by Crippen LogP contribution is 2.26. The Balaban J connectivity index is 1.60. The van der Waals surface area contributed by atoms with Crippen LogP contribution >= 0.6 is 11.6 Å². The molecule has 0 unspecified atom stereocenters. The standard InChI is InChI=1S/C17H19ClN4O4/c1-25-10-14-20-15(26-21-14)4-5-19-17(24)11-7-12(18)9-13(8-11)22-6-2-3-16(22)23/h7-9H,2-6,10H2,1H3,(H,19,24). The molecule has 0 saturated carbocycles. The second-order valence-corrected chi connectivity index (χ2v) is 6.33. The Kier molecular flexibility index (Phi) is 5.85. The van der Waals surface area contributed by atoms with E-state index in [1.165, 1.54) is 0 Å². The molecule has 0 aliphatic carbocycles. The molecule has 2 aromatic rings. The molecular formula is C17H19ClN4O4. The number of rotatable bonds is 7. The van der Waals surface area contributed by atoms with Crippen molar-refractivity contribution in [3.63, 3.8) is 0 Å². The predicted molar refractivity (Wildman–Crippen MR) is 94.1 cm³/mol. The van der Waals surface area contributed by atoms with Crippen LogP contribution in [0.1, 0.15) is 34.9 Å². The van der Waals surface area contributed by atoms with Crippen LogP contribution in [0.3, 0.4) is 0 Å². The molecule has 9 heteroatoms. The van der Waals surface area contributed by atoms with Crippen LogP contribution in [-0.2, 0) is 22.6 Å². The molecule has 0 radical (unpaired) electrons. The molecule has 2 amide bonds. The number of methoxy groups -OCH3 is 1. The van der Waals surface area contributed by atoms with E-state index in [-0.39, 0.29) is 18.4 Å². The molecule has 1 aromatic carbocycles. The van der Waals surface area contributed by atoms with Crippen molar-refractivity contribution < 1.29 is 18.8 Å². The Labute approximate surface area is 155 Å². The lowest BCUT2D eigenvalue weighted by atomic mass is 10.1. The third-order valence-corrected chi connectivity index (χ3v) is 4.16. The molecule has 1 saturated heterocycles. The van der Waals surface area contributed by atoms with E-state index in [0.29, 0.717) is 53.9 Å². The Morgan fingerprint density at radius 3 is 3.00 bits per heavy atom. The van der Waals surface area contributed by atoms with E-state index in [0.717, 1.165) is 6.42 Å². The van der Waals surface area contributed by atoms with Crippen LogP contribution in [-0.4, -0.2) is 42.2 Å². The zero-order valence-electron chi connectivity index (χ0n) is 14.3. The Morgan fingerprint density at radius 1 is 1.42 bits per heavy atom. The van der Waals surface area contributed by atoms with Crippen LogP contribution in [0, 0.1) is 0 Å². The largest absolute Gasteiger partial charge is 0.377 e. The summed E-state index contributed by atoms with van der Waals surface area (Å²) in [5.74, 6) is 0.647. The van der Waals surface area contributed by atoms with Gasteiger partial charge in [0.15, 0.2) is 5.82 Å². The van der Waals surface area contributed by atoms with E-state index in [2.05, 4.69) is 15.5 Å². The Morgan fingerprint density at radius 2 is 2.27 bits per heavy atom. The van der Waals surface area contributed by atoms with Gasteiger partial charge in [0.25, 0.3) is 5.91 Å². The zero-order chi connectivity index (χ0) is 18.5. The fourth-order valence-corrected chi connectivity index (χ4v) is 2.98. The maximum absolute atomic E-state index is 12.4. The van der Waals surface area contributed by atoms with E-state index >= 15 is 0 Å². The molecule has 1 aromatic heterocycles. The smallest absolute Gasteiger partial charge is 0.251 e. The van der Waals surface area contributed by atoms with Gasteiger partial charge in [-0.25, -0.2) is 0 Å². The monoisotopic (exact) mass is 378 g/mol. The maximum Gasteiger partial charge on any atom is 0.251 e. The lowest BCUT2D eigenvalue weighted by molar-refractivity contribution is -0.117. The fourth-order valence-electron chi connectivity index (χ4n) is 2.75. The molecule has 2 heterocycles. The first-order valence-electron chi connectivity index (χ1n) is 8.26. The number of nitrogens with one attached hydrogen (secondary N) is 1. The van der Waals surface area contributed by atoms with Gasteiger partial charge in [0, 0.05) is 49.3 Å². The van der Waals surface area contributed by atoms with E-state index in [1.807, 2.05) is 0 Å². The first kappa shape index (κ1) is 18.3. The van der Waals surface area contributed by atoms with Crippen LogP contribution in [0.2, 0.25) is 5.02 Å². The summed E-state index contributed by atoms with van der Waals surface area (Å²) in [4.78, 5) is 30.1. The third kappa shape index (κ3) is 4.39. The summed E-state index contributed by atoms with van der Waals surface area (Å²) in [6.07, 6.45) is 1.73. The van der Waals surface area contributed by atoms with E-state index in [1.54, 1.807) is 30.2 Å². The minimum atomic E-state index is -0.281. The highest BCUT2D eigenvalue weighted by Gasteiger charge is 2.23. The molecule has 3 rings (SSSR count). The van der Waals surface area contributed by atoms with Gasteiger partial charge in [0.1, 0.15) is 6.61 Å². The average molecular weight is 379 g/mol. The highest BCUT2D eigenvalue weighted by atomic mass is 35.5. The maximum atomic E-state index is 12.4. The minimum absolute atomic E-state index is 0.0434. The van der Waals surface area contributed by atoms with Crippen molar-refractivity contribution in [3.05, 3.63) is 40.5 Å². The Bertz CT molecular complexity index is 808. The van der Waals surface area contributed by atoms with Crippen molar-refractivity contribution in [2.75, 3.05) is 25.1 Å². The molecule has 1 aliphatic rings. The van der Waals surface area contributed by atoms with Gasteiger partial charge in [-0.05, 0) is 24.6 Å². The molecule has 0 spiro atoms. The van der Waals surface area contributed by atoms with Gasteiger partial charge in [-0.3, -0.25) is 9.59 Å². The first-order valence-corrected chi connectivity index (χ1v) is 8.64. The Hall–Kier alpha value is -2.45. The van der Waals surface area contributed by atoms with Gasteiger partial charge in [0.2, 0.25) is 11.8 Å². The van der Waals surface area contributed by atoms with Crippen LogP contribution in [0.5, 0.6) is 0 Å². The molecule has 138 valence electrons. The SMILES string of the molecule is COCc1noc(CCNC(=O)c2cc(Cl)cc(N3CCCC3=O)c2)n1. The highest BCUT2D eigenvalue weighted by molar-refractivity contribution is 6.31. The molecule has 0 atom stereocenters. The van der Waals surface area contributed by atoms with Crippen molar-refractivity contribution >= 4 is 29.1 Å². The molecule has 1 fully saturated rings. The normalized spacial score (nSPS) is 14.1. The molecule has 8 nitrogen and oxygen atoms in total. The number of aromatic nitrogens is 2. The lowest BCUT2D eigenvalue weighted by Gasteiger charge is -2.17. The van der Waals surface area contributed by atoms with Gasteiger partial charge in [0.05, 0.1) is 0 Å². The number of carbonyl (C=O) groups excluding carboxylic acids is 2. The molecule has 0 bridgehead atoms. The average Bonchev–Trinajstić information content (AvgIpc) is 3.23. The van der Waals surface area contributed by atoms with Crippen LogP contribution in [0.4, 0.5) is 5.69 Å². The molecule has 1 N–H and O–H groups in total. The summed E-state index contributed by atoms with van der Waals surface area (Å²) >= 11 is 6.12. The number of hydrogen-bond donors (Lipinski definition) is 1. The van der Waals surface area contributed by atoms with Gasteiger partial charge in [-0.2, -0.15) is 4.98 Å². The predicted octanol–water partition coefficient (Wildman–Crippen LogP) is 1.97. The van der Waals surface area contributed by atoms with E-state index in [4.69, 9.17) is 20.9 Å². The van der Waals surface area contributed by atoms with Gasteiger partial charge < -0.3 is 19.5 Å². The fraction of sp³-hybridized carbons (Fsp3) is 0.412.